The first-order valence-electron chi connectivity index (χ1n) is 6.72. The summed E-state index contributed by atoms with van der Waals surface area (Å²) in [5.74, 6) is 3.76. The van der Waals surface area contributed by atoms with Crippen LogP contribution < -0.4 is 0 Å². The second-order valence-electron chi connectivity index (χ2n) is 5.51. The average Bonchev–Trinajstić information content (AvgIpc) is 2.66. The van der Waals surface area contributed by atoms with Gasteiger partial charge in [-0.05, 0) is 25.0 Å². The second-order valence-corrected chi connectivity index (χ2v) is 7.57. The molecule has 2 heterocycles. The van der Waals surface area contributed by atoms with E-state index in [2.05, 4.69) is 24.3 Å². The molecule has 3 rings (SSSR count). The lowest BCUT2D eigenvalue weighted by Crippen LogP contribution is -2.27. The molecule has 0 aliphatic carbocycles. The smallest absolute Gasteiger partial charge is 0.163 e. The van der Waals surface area contributed by atoms with Gasteiger partial charge in [0.15, 0.2) is 5.79 Å². The molecule has 2 atom stereocenters. The number of ether oxygens (including phenoxy) is 2. The number of fused-ring (bicyclic) bond motifs is 2. The Balaban J connectivity index is 1.73. The molecule has 4 heteroatoms. The van der Waals surface area contributed by atoms with Crippen LogP contribution in [0.5, 0.6) is 0 Å². The highest BCUT2D eigenvalue weighted by molar-refractivity contribution is 7.99. The molecule has 2 aliphatic rings. The largest absolute Gasteiger partial charge is 0.344 e. The molecule has 0 bridgehead atoms. The van der Waals surface area contributed by atoms with Gasteiger partial charge in [-0.2, -0.15) is 23.5 Å². The van der Waals surface area contributed by atoms with Gasteiger partial charge in [0, 0.05) is 23.0 Å². The van der Waals surface area contributed by atoms with Gasteiger partial charge in [-0.15, -0.1) is 0 Å². The van der Waals surface area contributed by atoms with Gasteiger partial charge in [0.1, 0.15) is 0 Å². The Morgan fingerprint density at radius 2 is 1.42 bits per heavy atom. The third-order valence-electron chi connectivity index (χ3n) is 3.48. The average molecular weight is 296 g/mol. The van der Waals surface area contributed by atoms with E-state index in [1.54, 1.807) is 0 Å². The molecular formula is C15H20O2S2. The maximum atomic E-state index is 6.02. The summed E-state index contributed by atoms with van der Waals surface area (Å²) >= 11 is 3.91. The summed E-state index contributed by atoms with van der Waals surface area (Å²) in [6.45, 7) is 4.04. The SMILES string of the molecule is CC1(C)O[C@H]2CSCc3ccccc3CSC[C@@H]2O1. The van der Waals surface area contributed by atoms with Crippen LogP contribution in [0.15, 0.2) is 24.3 Å². The zero-order valence-electron chi connectivity index (χ0n) is 11.4. The van der Waals surface area contributed by atoms with Gasteiger partial charge in [0.25, 0.3) is 0 Å². The van der Waals surface area contributed by atoms with Crippen LogP contribution in [0, 0.1) is 0 Å². The van der Waals surface area contributed by atoms with Crippen molar-refractivity contribution in [1.82, 2.24) is 0 Å². The maximum absolute atomic E-state index is 6.02. The molecule has 0 amide bonds. The van der Waals surface area contributed by atoms with Gasteiger partial charge in [0.2, 0.25) is 0 Å². The van der Waals surface area contributed by atoms with Crippen molar-refractivity contribution >= 4 is 23.5 Å². The van der Waals surface area contributed by atoms with Crippen molar-refractivity contribution in [3.63, 3.8) is 0 Å². The van der Waals surface area contributed by atoms with Gasteiger partial charge < -0.3 is 9.47 Å². The van der Waals surface area contributed by atoms with Crippen molar-refractivity contribution in [3.05, 3.63) is 35.4 Å². The molecule has 1 aromatic rings. The van der Waals surface area contributed by atoms with E-state index in [9.17, 15) is 0 Å². The van der Waals surface area contributed by atoms with Crippen molar-refractivity contribution < 1.29 is 9.47 Å². The minimum atomic E-state index is -0.419. The summed E-state index contributed by atoms with van der Waals surface area (Å²) < 4.78 is 12.0. The highest BCUT2D eigenvalue weighted by atomic mass is 32.2. The Morgan fingerprint density at radius 3 is 1.89 bits per heavy atom. The lowest BCUT2D eigenvalue weighted by atomic mass is 10.1. The Labute approximate surface area is 123 Å². The summed E-state index contributed by atoms with van der Waals surface area (Å²) in [6, 6.07) is 8.77. The van der Waals surface area contributed by atoms with Crippen molar-refractivity contribution in [2.45, 2.75) is 43.3 Å². The first-order valence-corrected chi connectivity index (χ1v) is 9.03. The Morgan fingerprint density at radius 1 is 0.947 bits per heavy atom. The number of thioether (sulfide) groups is 2. The predicted molar refractivity (Wildman–Crippen MR) is 82.6 cm³/mol. The quantitative estimate of drug-likeness (QED) is 0.726. The van der Waals surface area contributed by atoms with E-state index in [0.29, 0.717) is 0 Å². The lowest BCUT2D eigenvalue weighted by Gasteiger charge is -2.19. The molecule has 19 heavy (non-hydrogen) atoms. The third-order valence-corrected chi connectivity index (χ3v) is 5.64. The van der Waals surface area contributed by atoms with E-state index in [1.165, 1.54) is 11.1 Å². The summed E-state index contributed by atoms with van der Waals surface area (Å²) in [4.78, 5) is 0. The van der Waals surface area contributed by atoms with Crippen molar-refractivity contribution in [1.29, 1.82) is 0 Å². The van der Waals surface area contributed by atoms with Crippen LogP contribution in [0.2, 0.25) is 0 Å². The maximum Gasteiger partial charge on any atom is 0.163 e. The van der Waals surface area contributed by atoms with Gasteiger partial charge in [-0.1, -0.05) is 24.3 Å². The fourth-order valence-corrected chi connectivity index (χ4v) is 4.87. The topological polar surface area (TPSA) is 18.5 Å². The van der Waals surface area contributed by atoms with Crippen LogP contribution in [0.25, 0.3) is 0 Å². The van der Waals surface area contributed by atoms with Gasteiger partial charge in [-0.25, -0.2) is 0 Å². The molecule has 1 fully saturated rings. The molecular weight excluding hydrogens is 276 g/mol. The van der Waals surface area contributed by atoms with Gasteiger partial charge in [-0.3, -0.25) is 0 Å². The fourth-order valence-electron chi connectivity index (χ4n) is 2.60. The van der Waals surface area contributed by atoms with Crippen LogP contribution in [-0.4, -0.2) is 29.5 Å². The predicted octanol–water partition coefficient (Wildman–Crippen LogP) is 3.69. The zero-order chi connectivity index (χ0) is 13.3. The van der Waals surface area contributed by atoms with E-state index in [1.807, 2.05) is 37.4 Å². The van der Waals surface area contributed by atoms with E-state index < -0.39 is 5.79 Å². The molecule has 0 N–H and O–H groups in total. The molecule has 0 spiro atoms. The molecule has 0 unspecified atom stereocenters. The number of benzene rings is 1. The molecule has 0 radical (unpaired) electrons. The molecule has 0 aromatic heterocycles. The minimum absolute atomic E-state index is 0.234. The van der Waals surface area contributed by atoms with E-state index >= 15 is 0 Å². The lowest BCUT2D eigenvalue weighted by molar-refractivity contribution is -0.142. The molecule has 2 aliphatic heterocycles. The van der Waals surface area contributed by atoms with Crippen LogP contribution >= 0.6 is 23.5 Å². The van der Waals surface area contributed by atoms with Crippen LogP contribution in [-0.2, 0) is 21.0 Å². The first kappa shape index (κ1) is 13.8. The zero-order valence-corrected chi connectivity index (χ0v) is 13.1. The summed E-state index contributed by atoms with van der Waals surface area (Å²) in [5, 5.41) is 0. The Kier molecular flexibility index (Phi) is 4.13. The van der Waals surface area contributed by atoms with Crippen molar-refractivity contribution in [3.8, 4) is 0 Å². The fraction of sp³-hybridized carbons (Fsp3) is 0.600. The van der Waals surface area contributed by atoms with E-state index in [4.69, 9.17) is 9.47 Å². The molecule has 2 nitrogen and oxygen atoms in total. The first-order chi connectivity index (χ1) is 9.14. The van der Waals surface area contributed by atoms with Crippen molar-refractivity contribution in [2.24, 2.45) is 0 Å². The molecule has 0 saturated carbocycles. The monoisotopic (exact) mass is 296 g/mol. The van der Waals surface area contributed by atoms with Crippen molar-refractivity contribution in [2.75, 3.05) is 11.5 Å². The molecule has 104 valence electrons. The number of hydrogen-bond acceptors (Lipinski definition) is 4. The highest BCUT2D eigenvalue weighted by Gasteiger charge is 2.40. The van der Waals surface area contributed by atoms with Gasteiger partial charge in [0.05, 0.1) is 12.2 Å². The molecule has 1 aromatic carbocycles. The molecule has 1 saturated heterocycles. The van der Waals surface area contributed by atoms with Crippen LogP contribution in [0.1, 0.15) is 25.0 Å². The summed E-state index contributed by atoms with van der Waals surface area (Å²) in [6.07, 6.45) is 0.468. The normalized spacial score (nSPS) is 30.4. The Hall–Kier alpha value is -0.160. The summed E-state index contributed by atoms with van der Waals surface area (Å²) in [7, 11) is 0. The number of rotatable bonds is 0. The number of hydrogen-bond donors (Lipinski definition) is 0. The standard InChI is InChI=1S/C15H20O2S2/c1-15(2)16-13-9-18-7-11-5-3-4-6-12(11)8-19-10-14(13)17-15/h3-6,13-14H,7-10H2,1-2H3/t13-,14-/m0/s1. The summed E-state index contributed by atoms with van der Waals surface area (Å²) in [5.41, 5.74) is 2.94. The third kappa shape index (κ3) is 3.30. The second kappa shape index (κ2) is 5.68. The Bertz CT molecular complexity index is 409. The van der Waals surface area contributed by atoms with E-state index in [0.717, 1.165) is 23.0 Å². The van der Waals surface area contributed by atoms with E-state index in [-0.39, 0.29) is 12.2 Å². The highest BCUT2D eigenvalue weighted by Crippen LogP contribution is 2.34. The van der Waals surface area contributed by atoms with Crippen LogP contribution in [0.3, 0.4) is 0 Å². The van der Waals surface area contributed by atoms with Gasteiger partial charge >= 0.3 is 0 Å². The van der Waals surface area contributed by atoms with Crippen LogP contribution in [0.4, 0.5) is 0 Å². The minimum Gasteiger partial charge on any atom is -0.344 e.